The van der Waals surface area contributed by atoms with Crippen LogP contribution in [0, 0.1) is 5.82 Å². The number of carbonyl (C=O) groups is 3. The van der Waals surface area contributed by atoms with Crippen LogP contribution < -0.4 is 5.32 Å². The molecule has 0 atom stereocenters. The van der Waals surface area contributed by atoms with Crippen LogP contribution in [0.5, 0.6) is 0 Å². The topological polar surface area (TPSA) is 75.7 Å². The van der Waals surface area contributed by atoms with E-state index < -0.39 is 5.82 Å². The first-order valence-corrected chi connectivity index (χ1v) is 8.10. The summed E-state index contributed by atoms with van der Waals surface area (Å²) in [6, 6.07) is 5.33. The summed E-state index contributed by atoms with van der Waals surface area (Å²) in [6.07, 6.45) is 0. The van der Waals surface area contributed by atoms with E-state index in [0.29, 0.717) is 12.3 Å². The highest BCUT2D eigenvalue weighted by Gasteiger charge is 2.14. The maximum absolute atomic E-state index is 12.8. The Morgan fingerprint density at radius 2 is 1.87 bits per heavy atom. The van der Waals surface area contributed by atoms with E-state index in [9.17, 15) is 18.8 Å². The highest BCUT2D eigenvalue weighted by molar-refractivity contribution is 8.00. The minimum atomic E-state index is -0.395. The van der Waals surface area contributed by atoms with Crippen molar-refractivity contribution in [2.45, 2.75) is 6.92 Å². The molecule has 8 heteroatoms. The lowest BCUT2D eigenvalue weighted by atomic mass is 10.3. The number of nitrogens with zero attached hydrogens (tertiary/aromatic N) is 1. The zero-order valence-electron chi connectivity index (χ0n) is 13.0. The van der Waals surface area contributed by atoms with Gasteiger partial charge in [0, 0.05) is 12.7 Å². The van der Waals surface area contributed by atoms with Crippen molar-refractivity contribution in [2.75, 3.05) is 37.0 Å². The van der Waals surface area contributed by atoms with Crippen molar-refractivity contribution >= 4 is 35.2 Å². The molecule has 1 aromatic rings. The van der Waals surface area contributed by atoms with Crippen LogP contribution in [0.1, 0.15) is 6.92 Å². The zero-order chi connectivity index (χ0) is 17.2. The number of anilines is 1. The van der Waals surface area contributed by atoms with E-state index in [0.717, 1.165) is 11.8 Å². The molecule has 0 aliphatic carbocycles. The van der Waals surface area contributed by atoms with Gasteiger partial charge in [0.2, 0.25) is 11.8 Å². The van der Waals surface area contributed by atoms with Gasteiger partial charge in [-0.05, 0) is 31.2 Å². The second-order valence-electron chi connectivity index (χ2n) is 4.60. The Bertz CT molecular complexity index is 551. The average Bonchev–Trinajstić information content (AvgIpc) is 2.49. The largest absolute Gasteiger partial charge is 0.465 e. The highest BCUT2D eigenvalue weighted by atomic mass is 32.2. The number of carbonyl (C=O) groups excluding carboxylic acids is 3. The molecule has 0 unspecified atom stereocenters. The first kappa shape index (κ1) is 19.0. The first-order chi connectivity index (χ1) is 10.9. The Balaban J connectivity index is 2.32. The van der Waals surface area contributed by atoms with Crippen LogP contribution in [0.4, 0.5) is 10.1 Å². The van der Waals surface area contributed by atoms with Gasteiger partial charge in [-0.15, -0.1) is 11.8 Å². The molecule has 0 aromatic heterocycles. The van der Waals surface area contributed by atoms with Crippen LogP contribution in [-0.2, 0) is 19.1 Å². The van der Waals surface area contributed by atoms with E-state index in [-0.39, 0.29) is 35.8 Å². The van der Waals surface area contributed by atoms with E-state index >= 15 is 0 Å². The van der Waals surface area contributed by atoms with E-state index in [1.807, 2.05) is 0 Å². The molecule has 0 fully saturated rings. The summed E-state index contributed by atoms with van der Waals surface area (Å²) in [5.41, 5.74) is 0.453. The molecule has 1 aromatic carbocycles. The number of ether oxygens (including phenoxy) is 1. The minimum Gasteiger partial charge on any atom is -0.465 e. The molecule has 0 aliphatic heterocycles. The molecule has 6 nitrogen and oxygen atoms in total. The molecule has 126 valence electrons. The fraction of sp³-hybridized carbons (Fsp3) is 0.400. The van der Waals surface area contributed by atoms with Gasteiger partial charge in [-0.1, -0.05) is 0 Å². The fourth-order valence-electron chi connectivity index (χ4n) is 1.57. The number of hydrogen-bond donors (Lipinski definition) is 1. The quantitative estimate of drug-likeness (QED) is 0.725. The van der Waals surface area contributed by atoms with Gasteiger partial charge in [0.25, 0.3) is 0 Å². The monoisotopic (exact) mass is 342 g/mol. The van der Waals surface area contributed by atoms with Crippen LogP contribution in [0.25, 0.3) is 0 Å². The summed E-state index contributed by atoms with van der Waals surface area (Å²) in [4.78, 5) is 36.0. The smallest absolute Gasteiger partial charge is 0.315 e. The number of esters is 1. The van der Waals surface area contributed by atoms with Crippen molar-refractivity contribution in [3.63, 3.8) is 0 Å². The summed E-state index contributed by atoms with van der Waals surface area (Å²) in [5.74, 6) is -1.25. The Morgan fingerprint density at radius 1 is 1.22 bits per heavy atom. The van der Waals surface area contributed by atoms with Crippen molar-refractivity contribution in [1.82, 2.24) is 4.90 Å². The lowest BCUT2D eigenvalue weighted by molar-refractivity contribution is -0.139. The number of amides is 2. The molecule has 0 saturated heterocycles. The zero-order valence-corrected chi connectivity index (χ0v) is 13.8. The normalized spacial score (nSPS) is 10.0. The molecule has 0 saturated carbocycles. The molecule has 0 aliphatic rings. The van der Waals surface area contributed by atoms with Crippen molar-refractivity contribution in [2.24, 2.45) is 0 Å². The van der Waals surface area contributed by atoms with Crippen LogP contribution in [0.2, 0.25) is 0 Å². The van der Waals surface area contributed by atoms with Crippen molar-refractivity contribution in [3.05, 3.63) is 30.1 Å². The summed E-state index contributed by atoms with van der Waals surface area (Å²) in [7, 11) is 1.50. The lowest BCUT2D eigenvalue weighted by Gasteiger charge is -2.16. The molecule has 0 radical (unpaired) electrons. The number of halogens is 1. The predicted octanol–water partition coefficient (Wildman–Crippen LogP) is 1.52. The predicted molar refractivity (Wildman–Crippen MR) is 86.6 cm³/mol. The third-order valence-corrected chi connectivity index (χ3v) is 3.58. The van der Waals surface area contributed by atoms with E-state index in [1.165, 1.54) is 36.2 Å². The van der Waals surface area contributed by atoms with Gasteiger partial charge in [0.1, 0.15) is 5.82 Å². The molecule has 23 heavy (non-hydrogen) atoms. The number of likely N-dealkylation sites (N-methyl/N-ethyl adjacent to an activating group) is 1. The maximum Gasteiger partial charge on any atom is 0.315 e. The summed E-state index contributed by atoms with van der Waals surface area (Å²) in [6.45, 7) is 1.88. The fourth-order valence-corrected chi connectivity index (χ4v) is 2.32. The van der Waals surface area contributed by atoms with Gasteiger partial charge in [0.15, 0.2) is 0 Å². The first-order valence-electron chi connectivity index (χ1n) is 6.95. The summed E-state index contributed by atoms with van der Waals surface area (Å²) < 4.78 is 17.5. The average molecular weight is 342 g/mol. The van der Waals surface area contributed by atoms with Crippen molar-refractivity contribution < 1.29 is 23.5 Å². The van der Waals surface area contributed by atoms with Crippen LogP contribution in [0.3, 0.4) is 0 Å². The molecule has 0 bridgehead atoms. The van der Waals surface area contributed by atoms with Crippen LogP contribution in [-0.4, -0.2) is 54.4 Å². The van der Waals surface area contributed by atoms with Gasteiger partial charge in [-0.3, -0.25) is 14.4 Å². The lowest BCUT2D eigenvalue weighted by Crippen LogP contribution is -2.36. The number of hydrogen-bond acceptors (Lipinski definition) is 5. The Kier molecular flexibility index (Phi) is 8.10. The van der Waals surface area contributed by atoms with Gasteiger partial charge < -0.3 is 15.0 Å². The second kappa shape index (κ2) is 9.83. The molecule has 1 N–H and O–H groups in total. The second-order valence-corrected chi connectivity index (χ2v) is 5.59. The van der Waals surface area contributed by atoms with Gasteiger partial charge >= 0.3 is 5.97 Å². The molecular formula is C15H19FN2O4S. The standard InChI is InChI=1S/C15H19FN2O4S/c1-3-22-15(21)10-23-9-14(20)18(2)8-13(19)17-12-6-4-11(16)5-7-12/h4-7H,3,8-10H2,1-2H3,(H,17,19). The van der Waals surface area contributed by atoms with Crippen LogP contribution in [0.15, 0.2) is 24.3 Å². The Labute approximate surface area is 138 Å². The van der Waals surface area contributed by atoms with Crippen molar-refractivity contribution in [3.8, 4) is 0 Å². The molecule has 1 rings (SSSR count). The number of thioether (sulfide) groups is 1. The Hall–Kier alpha value is -2.09. The highest BCUT2D eigenvalue weighted by Crippen LogP contribution is 2.08. The number of nitrogens with one attached hydrogen (secondary N) is 1. The summed E-state index contributed by atoms with van der Waals surface area (Å²) >= 11 is 1.13. The number of rotatable bonds is 8. The van der Waals surface area contributed by atoms with Crippen molar-refractivity contribution in [1.29, 1.82) is 0 Å². The third kappa shape index (κ3) is 7.64. The molecule has 2 amide bonds. The van der Waals surface area contributed by atoms with E-state index in [4.69, 9.17) is 4.74 Å². The number of benzene rings is 1. The van der Waals surface area contributed by atoms with Gasteiger partial charge in [-0.25, -0.2) is 4.39 Å². The van der Waals surface area contributed by atoms with Gasteiger partial charge in [0.05, 0.1) is 24.7 Å². The molecule has 0 spiro atoms. The third-order valence-electron chi connectivity index (χ3n) is 2.69. The van der Waals surface area contributed by atoms with Crippen LogP contribution >= 0.6 is 11.8 Å². The molecule has 0 heterocycles. The Morgan fingerprint density at radius 3 is 2.48 bits per heavy atom. The van der Waals surface area contributed by atoms with E-state index in [2.05, 4.69) is 5.32 Å². The minimum absolute atomic E-state index is 0.0825. The van der Waals surface area contributed by atoms with Gasteiger partial charge in [-0.2, -0.15) is 0 Å². The maximum atomic E-state index is 12.8. The molecular weight excluding hydrogens is 323 g/mol. The van der Waals surface area contributed by atoms with E-state index in [1.54, 1.807) is 6.92 Å². The summed E-state index contributed by atoms with van der Waals surface area (Å²) in [5, 5.41) is 2.57. The SMILES string of the molecule is CCOC(=O)CSCC(=O)N(C)CC(=O)Nc1ccc(F)cc1.